The summed E-state index contributed by atoms with van der Waals surface area (Å²) < 4.78 is 5.72. The van der Waals surface area contributed by atoms with Crippen molar-refractivity contribution < 1.29 is 14.3 Å². The molecule has 0 aromatic heterocycles. The molecule has 0 spiro atoms. The van der Waals surface area contributed by atoms with Crippen LogP contribution in [0.4, 0.5) is 4.79 Å². The number of hydrogen-bond acceptors (Lipinski definition) is 3. The number of ether oxygens (including phenoxy) is 1. The third-order valence-corrected chi connectivity index (χ3v) is 10.2. The Bertz CT molecular complexity index is 1070. The lowest BCUT2D eigenvalue weighted by atomic mass is 10.2. The van der Waals surface area contributed by atoms with Gasteiger partial charge in [0.05, 0.1) is 0 Å². The second-order valence-electron chi connectivity index (χ2n) is 9.15. The molecule has 0 radical (unpaired) electrons. The van der Waals surface area contributed by atoms with Gasteiger partial charge in [-0.1, -0.05) is 54.6 Å². The SMILES string of the molecule is CC1=CC([P+](c2ccccc2)(c2ccccc2)c2ccccc2)N(C(=O)OC(C)(C)C)C1=O. The minimum atomic E-state index is -2.52. The highest BCUT2D eigenvalue weighted by Gasteiger charge is 2.59. The molecular weight excluding hydrogens is 429 g/mol. The van der Waals surface area contributed by atoms with Crippen molar-refractivity contribution in [3.63, 3.8) is 0 Å². The average Bonchev–Trinajstić information content (AvgIpc) is 3.10. The van der Waals surface area contributed by atoms with Crippen molar-refractivity contribution in [3.05, 3.63) is 103 Å². The third kappa shape index (κ3) is 4.24. The summed E-state index contributed by atoms with van der Waals surface area (Å²) >= 11 is 0. The summed E-state index contributed by atoms with van der Waals surface area (Å²) in [4.78, 5) is 28.1. The van der Waals surface area contributed by atoms with Crippen LogP contribution in [-0.2, 0) is 9.53 Å². The summed E-state index contributed by atoms with van der Waals surface area (Å²) in [5, 5.41) is 3.29. The largest absolute Gasteiger partial charge is 0.443 e. The summed E-state index contributed by atoms with van der Waals surface area (Å²) in [5.41, 5.74) is -0.163. The lowest BCUT2D eigenvalue weighted by Gasteiger charge is -2.36. The molecule has 1 aliphatic rings. The van der Waals surface area contributed by atoms with E-state index in [0.29, 0.717) is 5.57 Å². The first-order valence-electron chi connectivity index (χ1n) is 11.1. The molecule has 0 N–H and O–H groups in total. The first-order chi connectivity index (χ1) is 15.7. The van der Waals surface area contributed by atoms with Crippen molar-refractivity contribution in [2.24, 2.45) is 0 Å². The number of nitrogens with zero attached hydrogens (tertiary/aromatic N) is 1. The Morgan fingerprint density at radius 3 is 1.55 bits per heavy atom. The van der Waals surface area contributed by atoms with Crippen molar-refractivity contribution >= 4 is 35.2 Å². The number of benzene rings is 3. The topological polar surface area (TPSA) is 46.6 Å². The van der Waals surface area contributed by atoms with E-state index < -0.39 is 24.7 Å². The molecular formula is C28H29NO3P+. The van der Waals surface area contributed by atoms with Gasteiger partial charge in [0.15, 0.2) is 5.78 Å². The molecule has 4 rings (SSSR count). The Hall–Kier alpha value is -3.23. The van der Waals surface area contributed by atoms with Crippen molar-refractivity contribution in [2.75, 3.05) is 0 Å². The van der Waals surface area contributed by atoms with Gasteiger partial charge < -0.3 is 4.74 Å². The fourth-order valence-corrected chi connectivity index (χ4v) is 9.09. The number of carbonyl (C=O) groups is 2. The predicted octanol–water partition coefficient (Wildman–Crippen LogP) is 5.03. The molecule has 3 aromatic rings. The van der Waals surface area contributed by atoms with Gasteiger partial charge in [0.1, 0.15) is 28.8 Å². The van der Waals surface area contributed by atoms with Crippen LogP contribution in [0.1, 0.15) is 27.7 Å². The van der Waals surface area contributed by atoms with Crippen LogP contribution in [0, 0.1) is 0 Å². The van der Waals surface area contributed by atoms with Crippen LogP contribution in [0.25, 0.3) is 0 Å². The number of amides is 2. The van der Waals surface area contributed by atoms with Crippen molar-refractivity contribution in [3.8, 4) is 0 Å². The van der Waals surface area contributed by atoms with E-state index in [1.165, 1.54) is 4.90 Å². The Kier molecular flexibility index (Phi) is 6.23. The van der Waals surface area contributed by atoms with Crippen LogP contribution < -0.4 is 15.9 Å². The van der Waals surface area contributed by atoms with Gasteiger partial charge in [-0.2, -0.15) is 0 Å². The predicted molar refractivity (Wildman–Crippen MR) is 136 cm³/mol. The lowest BCUT2D eigenvalue weighted by molar-refractivity contribution is -0.125. The van der Waals surface area contributed by atoms with Crippen LogP contribution >= 0.6 is 7.26 Å². The zero-order valence-electron chi connectivity index (χ0n) is 19.4. The highest BCUT2D eigenvalue weighted by Crippen LogP contribution is 2.62. The highest BCUT2D eigenvalue weighted by molar-refractivity contribution is 7.96. The van der Waals surface area contributed by atoms with Gasteiger partial charge in [-0.15, -0.1) is 0 Å². The van der Waals surface area contributed by atoms with Gasteiger partial charge in [0, 0.05) is 5.57 Å². The minimum absolute atomic E-state index is 0.304. The van der Waals surface area contributed by atoms with E-state index in [2.05, 4.69) is 36.4 Å². The van der Waals surface area contributed by atoms with Crippen molar-refractivity contribution in [2.45, 2.75) is 39.1 Å². The maximum atomic E-state index is 13.4. The lowest BCUT2D eigenvalue weighted by Crippen LogP contribution is -2.50. The zero-order valence-corrected chi connectivity index (χ0v) is 20.3. The van der Waals surface area contributed by atoms with E-state index in [1.807, 2.05) is 81.4 Å². The summed E-state index contributed by atoms with van der Waals surface area (Å²) in [6.45, 7) is 7.22. The standard InChI is InChI=1S/C28H29NO3P/c1-21-20-25(29(26(21)30)27(31)32-28(2,3)4)33(22-14-8-5-9-15-22,23-16-10-6-11-17-23)24-18-12-7-13-19-24/h5-20,25H,1-4H3/q+1. The van der Waals surface area contributed by atoms with Gasteiger partial charge in [-0.3, -0.25) is 4.79 Å². The number of hydrogen-bond donors (Lipinski definition) is 0. The fraction of sp³-hybridized carbons (Fsp3) is 0.214. The first-order valence-corrected chi connectivity index (χ1v) is 12.9. The van der Waals surface area contributed by atoms with Crippen LogP contribution in [0.2, 0.25) is 0 Å². The van der Waals surface area contributed by atoms with Gasteiger partial charge in [-0.25, -0.2) is 9.69 Å². The summed E-state index contributed by atoms with van der Waals surface area (Å²) in [6, 6.07) is 30.7. The zero-order chi connectivity index (χ0) is 23.6. The quantitative estimate of drug-likeness (QED) is 0.515. The molecule has 168 valence electrons. The van der Waals surface area contributed by atoms with E-state index in [0.717, 1.165) is 15.9 Å². The van der Waals surface area contributed by atoms with Crippen LogP contribution in [0.3, 0.4) is 0 Å². The van der Waals surface area contributed by atoms with E-state index in [1.54, 1.807) is 6.92 Å². The van der Waals surface area contributed by atoms with Crippen LogP contribution in [-0.4, -0.2) is 28.3 Å². The molecule has 0 saturated carbocycles. The van der Waals surface area contributed by atoms with Crippen LogP contribution in [0.5, 0.6) is 0 Å². The molecule has 33 heavy (non-hydrogen) atoms. The Balaban J connectivity index is 2.04. The number of imide groups is 1. The van der Waals surface area contributed by atoms with Gasteiger partial charge in [0.2, 0.25) is 0 Å². The molecule has 0 aliphatic carbocycles. The first kappa shape index (κ1) is 22.9. The third-order valence-electron chi connectivity index (χ3n) is 5.70. The summed E-state index contributed by atoms with van der Waals surface area (Å²) in [5.74, 6) is -0.798. The molecule has 3 aromatic carbocycles. The van der Waals surface area contributed by atoms with Gasteiger partial charge in [0.25, 0.3) is 5.91 Å². The Morgan fingerprint density at radius 1 is 0.788 bits per heavy atom. The second kappa shape index (κ2) is 8.96. The molecule has 2 amide bonds. The number of carbonyl (C=O) groups excluding carboxylic acids is 2. The molecule has 0 fully saturated rings. The molecule has 5 heteroatoms. The average molecular weight is 459 g/mol. The number of rotatable bonds is 4. The van der Waals surface area contributed by atoms with Gasteiger partial charge in [-0.05, 0) is 70.2 Å². The molecule has 4 nitrogen and oxygen atoms in total. The van der Waals surface area contributed by atoms with E-state index in [9.17, 15) is 9.59 Å². The van der Waals surface area contributed by atoms with Gasteiger partial charge >= 0.3 is 6.09 Å². The Morgan fingerprint density at radius 2 is 1.18 bits per heavy atom. The molecule has 0 saturated heterocycles. The smallest absolute Gasteiger partial charge is 0.420 e. The van der Waals surface area contributed by atoms with E-state index in [-0.39, 0.29) is 5.91 Å². The van der Waals surface area contributed by atoms with Crippen molar-refractivity contribution in [1.82, 2.24) is 4.90 Å². The monoisotopic (exact) mass is 458 g/mol. The molecule has 1 aliphatic heterocycles. The normalized spacial score (nSPS) is 16.5. The maximum Gasteiger partial charge on any atom is 0.420 e. The maximum absolute atomic E-state index is 13.4. The molecule has 1 unspecified atom stereocenters. The van der Waals surface area contributed by atoms with E-state index in [4.69, 9.17) is 4.74 Å². The minimum Gasteiger partial charge on any atom is -0.443 e. The highest BCUT2D eigenvalue weighted by atomic mass is 31.2. The molecule has 1 heterocycles. The Labute approximate surface area is 196 Å². The fourth-order valence-electron chi connectivity index (χ4n) is 4.36. The van der Waals surface area contributed by atoms with Crippen LogP contribution in [0.15, 0.2) is 103 Å². The summed E-state index contributed by atoms with van der Waals surface area (Å²) in [7, 11) is -2.52. The van der Waals surface area contributed by atoms with Crippen molar-refractivity contribution in [1.29, 1.82) is 0 Å². The second-order valence-corrected chi connectivity index (χ2v) is 12.7. The molecule has 0 bridgehead atoms. The summed E-state index contributed by atoms with van der Waals surface area (Å²) in [6.07, 6.45) is 1.34. The van der Waals surface area contributed by atoms with E-state index >= 15 is 0 Å². The molecule has 1 atom stereocenters.